The van der Waals surface area contributed by atoms with E-state index in [1.807, 2.05) is 0 Å². The molecule has 1 N–H and O–H groups in total. The van der Waals surface area contributed by atoms with Crippen molar-refractivity contribution in [2.75, 3.05) is 7.05 Å². The van der Waals surface area contributed by atoms with Crippen LogP contribution in [0.5, 0.6) is 0 Å². The molecule has 0 unspecified atom stereocenters. The number of rotatable bonds is 6. The maximum absolute atomic E-state index is 12.7. The summed E-state index contributed by atoms with van der Waals surface area (Å²) in [6.45, 7) is 3.77. The van der Waals surface area contributed by atoms with Gasteiger partial charge in [-0.2, -0.15) is 10.5 Å². The van der Waals surface area contributed by atoms with E-state index in [4.69, 9.17) is 14.9 Å². The Morgan fingerprint density at radius 1 is 1.23 bits per heavy atom. The van der Waals surface area contributed by atoms with Gasteiger partial charge < -0.3 is 4.42 Å². The number of nitrogens with zero attached hydrogens (tertiary/aromatic N) is 3. The normalized spacial score (nSPS) is 11.6. The molecule has 3 rings (SSSR count). The van der Waals surface area contributed by atoms with Crippen LogP contribution >= 0.6 is 11.3 Å². The molecule has 0 saturated carbocycles. The van der Waals surface area contributed by atoms with Crippen LogP contribution in [0.1, 0.15) is 5.76 Å². The molecular weight excluding hydrogens is 436 g/mol. The molecule has 0 fully saturated rings. The van der Waals surface area contributed by atoms with E-state index < -0.39 is 10.0 Å². The van der Waals surface area contributed by atoms with Crippen LogP contribution in [0.15, 0.2) is 63.2 Å². The van der Waals surface area contributed by atoms with Crippen LogP contribution in [0.25, 0.3) is 23.0 Å². The Morgan fingerprint density at radius 2 is 1.90 bits per heavy atom. The van der Waals surface area contributed by atoms with Crippen molar-refractivity contribution in [2.45, 2.75) is 11.4 Å². The molecule has 0 aliphatic rings. The van der Waals surface area contributed by atoms with Crippen LogP contribution in [-0.4, -0.2) is 20.0 Å². The van der Waals surface area contributed by atoms with Gasteiger partial charge in [-0.1, -0.05) is 6.08 Å². The lowest BCUT2D eigenvalue weighted by atomic mass is 10.2. The predicted octanol–water partition coefficient (Wildman–Crippen LogP) is 1.29. The Balaban J connectivity index is 2.05. The van der Waals surface area contributed by atoms with Gasteiger partial charge in [0.25, 0.3) is 5.56 Å². The summed E-state index contributed by atoms with van der Waals surface area (Å²) < 4.78 is 33.6. The minimum Gasteiger partial charge on any atom is -0.457 e. The van der Waals surface area contributed by atoms with Gasteiger partial charge in [-0.3, -0.25) is 9.36 Å². The SMILES string of the molecule is C=CCn1c(=C(C#N)C#N)s/c(=C\c2ccc(-c3ccc(S(=O)(=O)NC)cc3)o2)c1=O. The fraction of sp³-hybridized carbons (Fsp3) is 0.0952. The Morgan fingerprint density at radius 3 is 2.48 bits per heavy atom. The molecular formula is C21H16N4O4S2. The maximum Gasteiger partial charge on any atom is 0.269 e. The number of sulfonamides is 1. The summed E-state index contributed by atoms with van der Waals surface area (Å²) in [6.07, 6.45) is 3.04. The van der Waals surface area contributed by atoms with Gasteiger partial charge in [-0.15, -0.1) is 17.9 Å². The third-order valence-corrected chi connectivity index (χ3v) is 6.84. The first-order valence-electron chi connectivity index (χ1n) is 8.85. The van der Waals surface area contributed by atoms with E-state index in [0.717, 1.165) is 11.3 Å². The fourth-order valence-corrected chi connectivity index (χ4v) is 4.52. The highest BCUT2D eigenvalue weighted by Crippen LogP contribution is 2.24. The van der Waals surface area contributed by atoms with Crippen molar-refractivity contribution in [3.8, 4) is 23.5 Å². The zero-order valence-electron chi connectivity index (χ0n) is 16.3. The minimum atomic E-state index is -3.53. The Kier molecular flexibility index (Phi) is 6.37. The van der Waals surface area contributed by atoms with Gasteiger partial charge in [0.05, 0.1) is 9.43 Å². The second kappa shape index (κ2) is 8.98. The number of benzene rings is 1. The Labute approximate surface area is 182 Å². The quantitative estimate of drug-likeness (QED) is 0.561. The first kappa shape index (κ1) is 22.0. The van der Waals surface area contributed by atoms with Crippen molar-refractivity contribution < 1.29 is 12.8 Å². The Hall–Kier alpha value is -3.70. The molecule has 0 aliphatic carbocycles. The molecule has 1 aromatic carbocycles. The number of allylic oxidation sites excluding steroid dienone is 1. The van der Waals surface area contributed by atoms with Crippen molar-refractivity contribution in [2.24, 2.45) is 0 Å². The minimum absolute atomic E-state index is 0.132. The maximum atomic E-state index is 12.7. The molecule has 0 bridgehead atoms. The van der Waals surface area contributed by atoms with Crippen LogP contribution < -0.4 is 19.5 Å². The van der Waals surface area contributed by atoms with E-state index >= 15 is 0 Å². The lowest BCUT2D eigenvalue weighted by molar-refractivity contribution is 0.571. The van der Waals surface area contributed by atoms with Crippen molar-refractivity contribution in [3.05, 3.63) is 74.4 Å². The number of aromatic nitrogens is 1. The first-order valence-corrected chi connectivity index (χ1v) is 11.1. The number of thiazole rings is 1. The summed E-state index contributed by atoms with van der Waals surface area (Å²) in [7, 11) is -2.19. The second-order valence-corrected chi connectivity index (χ2v) is 9.07. The third-order valence-electron chi connectivity index (χ3n) is 4.27. The predicted molar refractivity (Wildman–Crippen MR) is 117 cm³/mol. The van der Waals surface area contributed by atoms with Crippen molar-refractivity contribution in [1.82, 2.24) is 9.29 Å². The summed E-state index contributed by atoms with van der Waals surface area (Å²) in [6, 6.07) is 13.1. The molecule has 0 aliphatic heterocycles. The van der Waals surface area contributed by atoms with Crippen molar-refractivity contribution in [1.29, 1.82) is 10.5 Å². The van der Waals surface area contributed by atoms with Crippen LogP contribution in [0.3, 0.4) is 0 Å². The van der Waals surface area contributed by atoms with Crippen molar-refractivity contribution in [3.63, 3.8) is 0 Å². The zero-order chi connectivity index (χ0) is 22.6. The van der Waals surface area contributed by atoms with Crippen LogP contribution in [0.4, 0.5) is 0 Å². The standard InChI is InChI=1S/C21H16N4O4S2/c1-3-10-25-20(26)19(30-21(25)15(12-22)13-23)11-16-6-9-18(29-16)14-4-7-17(8-5-14)31(27,28)24-2/h3-9,11,24H,1,10H2,2H3/b19-11-. The van der Waals surface area contributed by atoms with Gasteiger partial charge in [-0.05, 0) is 43.4 Å². The van der Waals surface area contributed by atoms with Gasteiger partial charge in [0.1, 0.15) is 28.3 Å². The molecule has 2 aromatic heterocycles. The molecule has 0 radical (unpaired) electrons. The van der Waals surface area contributed by atoms with Gasteiger partial charge in [0, 0.05) is 18.2 Å². The summed E-state index contributed by atoms with van der Waals surface area (Å²) >= 11 is 1.02. The highest BCUT2D eigenvalue weighted by molar-refractivity contribution is 7.89. The summed E-state index contributed by atoms with van der Waals surface area (Å²) in [5, 5.41) is 18.3. The lowest BCUT2D eigenvalue weighted by Gasteiger charge is -2.03. The number of nitrogens with one attached hydrogen (secondary N) is 1. The van der Waals surface area contributed by atoms with Crippen LogP contribution in [0, 0.1) is 22.7 Å². The number of hydrogen-bond acceptors (Lipinski definition) is 7. The Bertz CT molecular complexity index is 1490. The molecule has 8 nitrogen and oxygen atoms in total. The number of nitriles is 2. The van der Waals surface area contributed by atoms with Crippen LogP contribution in [0.2, 0.25) is 0 Å². The van der Waals surface area contributed by atoms with Gasteiger partial charge in [0.2, 0.25) is 10.0 Å². The summed E-state index contributed by atoms with van der Waals surface area (Å²) in [5.41, 5.74) is 0.151. The second-order valence-electron chi connectivity index (χ2n) is 6.15. The molecule has 3 aromatic rings. The molecule has 0 spiro atoms. The summed E-state index contributed by atoms with van der Waals surface area (Å²) in [4.78, 5) is 12.8. The number of hydrogen-bond donors (Lipinski definition) is 1. The topological polar surface area (TPSA) is 129 Å². The molecule has 31 heavy (non-hydrogen) atoms. The first-order chi connectivity index (χ1) is 14.8. The van der Waals surface area contributed by atoms with Gasteiger partial charge in [0.15, 0.2) is 5.57 Å². The largest absolute Gasteiger partial charge is 0.457 e. The van der Waals surface area contributed by atoms with E-state index in [-0.39, 0.29) is 27.2 Å². The van der Waals surface area contributed by atoms with Crippen molar-refractivity contribution >= 4 is 33.0 Å². The van der Waals surface area contributed by atoms with E-state index in [9.17, 15) is 13.2 Å². The lowest BCUT2D eigenvalue weighted by Crippen LogP contribution is -2.31. The molecule has 156 valence electrons. The smallest absolute Gasteiger partial charge is 0.269 e. The molecule has 2 heterocycles. The highest BCUT2D eigenvalue weighted by atomic mass is 32.2. The summed E-state index contributed by atoms with van der Waals surface area (Å²) in [5.74, 6) is 0.886. The molecule has 0 atom stereocenters. The number of furan rings is 1. The zero-order valence-corrected chi connectivity index (χ0v) is 18.0. The average Bonchev–Trinajstić information content (AvgIpc) is 3.36. The molecule has 10 heteroatoms. The van der Waals surface area contributed by atoms with E-state index in [1.54, 1.807) is 36.4 Å². The highest BCUT2D eigenvalue weighted by Gasteiger charge is 2.12. The molecule has 0 saturated heterocycles. The third kappa shape index (κ3) is 4.42. The van der Waals surface area contributed by atoms with E-state index in [0.29, 0.717) is 21.6 Å². The van der Waals surface area contributed by atoms with E-state index in [1.165, 1.54) is 35.9 Å². The molecule has 0 amide bonds. The average molecular weight is 453 g/mol. The van der Waals surface area contributed by atoms with Gasteiger partial charge >= 0.3 is 0 Å². The van der Waals surface area contributed by atoms with Crippen LogP contribution in [-0.2, 0) is 16.6 Å². The fourth-order valence-electron chi connectivity index (χ4n) is 2.75. The van der Waals surface area contributed by atoms with E-state index in [2.05, 4.69) is 11.3 Å². The van der Waals surface area contributed by atoms with Gasteiger partial charge in [-0.25, -0.2) is 13.1 Å². The monoisotopic (exact) mass is 452 g/mol.